The largest absolute Gasteiger partial charge is 0.358 e. The van der Waals surface area contributed by atoms with Crippen molar-refractivity contribution >= 4 is 40.0 Å². The molecule has 0 spiro atoms. The van der Waals surface area contributed by atoms with Crippen LogP contribution in [0.3, 0.4) is 0 Å². The predicted molar refractivity (Wildman–Crippen MR) is 98.0 cm³/mol. The molecule has 24 heavy (non-hydrogen) atoms. The number of hydrogen-bond donors (Lipinski definition) is 2. The van der Waals surface area contributed by atoms with E-state index in [1.54, 1.807) is 24.3 Å². The molecule has 2 aromatic carbocycles. The van der Waals surface area contributed by atoms with E-state index in [9.17, 15) is 4.79 Å². The minimum atomic E-state index is -0.0528. The number of fused-ring (bicyclic) bond motifs is 3. The van der Waals surface area contributed by atoms with Crippen molar-refractivity contribution in [1.82, 2.24) is 10.3 Å². The smallest absolute Gasteiger partial charge is 0.251 e. The molecule has 1 amide bonds. The number of H-pyrrole nitrogens is 1. The fraction of sp³-hybridized carbons (Fsp3) is 0.211. The zero-order chi connectivity index (χ0) is 16.7. The Labute approximate surface area is 150 Å². The van der Waals surface area contributed by atoms with Crippen LogP contribution in [-0.4, -0.2) is 16.9 Å². The van der Waals surface area contributed by atoms with Gasteiger partial charge in [0.1, 0.15) is 0 Å². The molecule has 0 radical (unpaired) electrons. The number of carbonyl (C=O) groups excluding carboxylic acids is 1. The van der Waals surface area contributed by atoms with Gasteiger partial charge in [-0.3, -0.25) is 4.79 Å². The molecule has 1 unspecified atom stereocenters. The summed E-state index contributed by atoms with van der Waals surface area (Å²) in [6.45, 7) is 0. The van der Waals surface area contributed by atoms with Crippen molar-refractivity contribution in [2.45, 2.75) is 25.3 Å². The lowest BCUT2D eigenvalue weighted by Crippen LogP contribution is -2.38. The fourth-order valence-corrected chi connectivity index (χ4v) is 3.69. The third-order valence-corrected chi connectivity index (χ3v) is 5.08. The Morgan fingerprint density at radius 2 is 1.83 bits per heavy atom. The van der Waals surface area contributed by atoms with Gasteiger partial charge in [-0.1, -0.05) is 29.3 Å². The van der Waals surface area contributed by atoms with E-state index in [2.05, 4.69) is 16.4 Å². The fourth-order valence-electron chi connectivity index (χ4n) is 3.39. The first-order valence-corrected chi connectivity index (χ1v) is 8.71. The number of aryl methyl sites for hydroxylation is 1. The summed E-state index contributed by atoms with van der Waals surface area (Å²) in [7, 11) is 0. The first-order valence-electron chi connectivity index (χ1n) is 7.95. The van der Waals surface area contributed by atoms with Crippen LogP contribution in [0.25, 0.3) is 10.9 Å². The summed E-state index contributed by atoms with van der Waals surface area (Å²) in [4.78, 5) is 15.9. The first kappa shape index (κ1) is 15.6. The van der Waals surface area contributed by atoms with Crippen molar-refractivity contribution in [3.05, 3.63) is 69.3 Å². The van der Waals surface area contributed by atoms with Crippen LogP contribution in [0.1, 0.15) is 28.0 Å². The molecule has 0 aliphatic heterocycles. The molecule has 122 valence electrons. The molecule has 2 N–H and O–H groups in total. The monoisotopic (exact) mass is 358 g/mol. The second-order valence-corrected chi connectivity index (χ2v) is 7.06. The Morgan fingerprint density at radius 3 is 2.62 bits per heavy atom. The highest BCUT2D eigenvalue weighted by Gasteiger charge is 2.24. The van der Waals surface area contributed by atoms with Crippen molar-refractivity contribution in [3.63, 3.8) is 0 Å². The maximum atomic E-state index is 12.4. The Balaban J connectivity index is 1.54. The van der Waals surface area contributed by atoms with Gasteiger partial charge in [0.15, 0.2) is 0 Å². The summed E-state index contributed by atoms with van der Waals surface area (Å²) in [5, 5.41) is 5.69. The van der Waals surface area contributed by atoms with Crippen molar-refractivity contribution in [1.29, 1.82) is 0 Å². The lowest BCUT2D eigenvalue weighted by atomic mass is 9.91. The van der Waals surface area contributed by atoms with Gasteiger partial charge in [0.2, 0.25) is 0 Å². The highest BCUT2D eigenvalue weighted by molar-refractivity contribution is 6.31. The van der Waals surface area contributed by atoms with E-state index in [-0.39, 0.29) is 11.9 Å². The minimum absolute atomic E-state index is 0.0528. The van der Waals surface area contributed by atoms with Gasteiger partial charge < -0.3 is 10.3 Å². The number of halogens is 2. The Morgan fingerprint density at radius 1 is 1.08 bits per heavy atom. The molecule has 0 saturated carbocycles. The van der Waals surface area contributed by atoms with Crippen molar-refractivity contribution < 1.29 is 4.79 Å². The van der Waals surface area contributed by atoms with Crippen LogP contribution in [-0.2, 0) is 12.8 Å². The quantitative estimate of drug-likeness (QED) is 0.681. The third-order valence-electron chi connectivity index (χ3n) is 4.59. The molecule has 1 aromatic heterocycles. The predicted octanol–water partition coefficient (Wildman–Crippen LogP) is 4.76. The van der Waals surface area contributed by atoms with Crippen LogP contribution in [0, 0.1) is 0 Å². The molecule has 0 bridgehead atoms. The average Bonchev–Trinajstić information content (AvgIpc) is 2.92. The highest BCUT2D eigenvalue weighted by Crippen LogP contribution is 2.30. The zero-order valence-electron chi connectivity index (χ0n) is 12.9. The van der Waals surface area contributed by atoms with Crippen molar-refractivity contribution in [2.75, 3.05) is 0 Å². The molecular weight excluding hydrogens is 343 g/mol. The molecule has 3 aromatic rings. The number of amides is 1. The molecule has 3 nitrogen and oxygen atoms in total. The van der Waals surface area contributed by atoms with Gasteiger partial charge in [-0.2, -0.15) is 0 Å². The number of nitrogens with one attached hydrogen (secondary N) is 2. The van der Waals surface area contributed by atoms with Crippen LogP contribution in [0.4, 0.5) is 0 Å². The molecular formula is C19H16Cl2N2O. The molecule has 0 saturated heterocycles. The lowest BCUT2D eigenvalue weighted by molar-refractivity contribution is 0.0933. The van der Waals surface area contributed by atoms with E-state index in [4.69, 9.17) is 23.2 Å². The van der Waals surface area contributed by atoms with E-state index in [1.807, 2.05) is 12.1 Å². The average molecular weight is 359 g/mol. The number of aromatic nitrogens is 1. The molecule has 1 atom stereocenters. The van der Waals surface area contributed by atoms with Gasteiger partial charge in [0, 0.05) is 38.2 Å². The Hall–Kier alpha value is -1.97. The van der Waals surface area contributed by atoms with E-state index in [0.29, 0.717) is 10.6 Å². The van der Waals surface area contributed by atoms with E-state index >= 15 is 0 Å². The topological polar surface area (TPSA) is 44.9 Å². The molecule has 1 aliphatic rings. The minimum Gasteiger partial charge on any atom is -0.358 e. The van der Waals surface area contributed by atoms with E-state index in [1.165, 1.54) is 16.6 Å². The summed E-state index contributed by atoms with van der Waals surface area (Å²) < 4.78 is 0. The summed E-state index contributed by atoms with van der Waals surface area (Å²) in [6, 6.07) is 13.0. The van der Waals surface area contributed by atoms with Gasteiger partial charge >= 0.3 is 0 Å². The van der Waals surface area contributed by atoms with E-state index < -0.39 is 0 Å². The first-order chi connectivity index (χ1) is 11.6. The van der Waals surface area contributed by atoms with Crippen molar-refractivity contribution in [2.24, 2.45) is 0 Å². The van der Waals surface area contributed by atoms with Crippen LogP contribution >= 0.6 is 23.2 Å². The van der Waals surface area contributed by atoms with Gasteiger partial charge in [0.05, 0.1) is 0 Å². The summed E-state index contributed by atoms with van der Waals surface area (Å²) in [6.07, 6.45) is 2.68. The van der Waals surface area contributed by atoms with Gasteiger partial charge in [0.25, 0.3) is 5.91 Å². The summed E-state index contributed by atoms with van der Waals surface area (Å²) in [5.41, 5.74) is 4.24. The SMILES string of the molecule is O=C(NC1CCc2[nH]c3cc(Cl)ccc3c2C1)c1ccc(Cl)cc1. The van der Waals surface area contributed by atoms with Crippen LogP contribution in [0.5, 0.6) is 0 Å². The van der Waals surface area contributed by atoms with Gasteiger partial charge in [-0.05, 0) is 61.2 Å². The lowest BCUT2D eigenvalue weighted by Gasteiger charge is -2.23. The number of carbonyl (C=O) groups is 1. The molecule has 4 rings (SSSR count). The zero-order valence-corrected chi connectivity index (χ0v) is 14.4. The molecule has 0 fully saturated rings. The second-order valence-electron chi connectivity index (χ2n) is 6.19. The second kappa shape index (κ2) is 6.15. The van der Waals surface area contributed by atoms with Gasteiger partial charge in [-0.25, -0.2) is 0 Å². The number of rotatable bonds is 2. The highest BCUT2D eigenvalue weighted by atomic mass is 35.5. The number of aromatic amines is 1. The normalized spacial score (nSPS) is 16.8. The van der Waals surface area contributed by atoms with Crippen LogP contribution < -0.4 is 5.32 Å². The van der Waals surface area contributed by atoms with Crippen LogP contribution in [0.15, 0.2) is 42.5 Å². The number of benzene rings is 2. The Kier molecular flexibility index (Phi) is 3.99. The van der Waals surface area contributed by atoms with Crippen LogP contribution in [0.2, 0.25) is 10.0 Å². The number of hydrogen-bond acceptors (Lipinski definition) is 1. The van der Waals surface area contributed by atoms with E-state index in [0.717, 1.165) is 29.8 Å². The standard InChI is InChI=1S/C19H16Cl2N2O/c20-12-3-1-11(2-4-12)19(24)22-14-6-8-17-16(10-14)15-7-5-13(21)9-18(15)23-17/h1-5,7,9,14,23H,6,8,10H2,(H,22,24). The summed E-state index contributed by atoms with van der Waals surface area (Å²) >= 11 is 11.9. The summed E-state index contributed by atoms with van der Waals surface area (Å²) in [5.74, 6) is -0.0528. The van der Waals surface area contributed by atoms with Crippen molar-refractivity contribution in [3.8, 4) is 0 Å². The molecule has 5 heteroatoms. The molecule has 1 aliphatic carbocycles. The Bertz CT molecular complexity index is 915. The maximum absolute atomic E-state index is 12.4. The third kappa shape index (κ3) is 2.90. The maximum Gasteiger partial charge on any atom is 0.251 e. The van der Waals surface area contributed by atoms with Gasteiger partial charge in [-0.15, -0.1) is 0 Å². The molecule has 1 heterocycles.